The van der Waals surface area contributed by atoms with Crippen molar-refractivity contribution in [3.05, 3.63) is 23.3 Å². The Morgan fingerprint density at radius 1 is 0.867 bits per heavy atom. The molecule has 160 valence electrons. The third kappa shape index (κ3) is 3.25. The fourth-order valence-electron chi connectivity index (χ4n) is 3.27. The van der Waals surface area contributed by atoms with E-state index >= 15 is 0 Å². The summed E-state index contributed by atoms with van der Waals surface area (Å²) >= 11 is 0. The molecule has 2 aromatic rings. The van der Waals surface area contributed by atoms with Gasteiger partial charge in [-0.15, -0.1) is 0 Å². The number of hydrogen-bond donors (Lipinski definition) is 2. The lowest BCUT2D eigenvalue weighted by Gasteiger charge is -2.21. The van der Waals surface area contributed by atoms with E-state index in [1.807, 2.05) is 0 Å². The number of ether oxygens (including phenoxy) is 6. The highest BCUT2D eigenvalue weighted by Gasteiger charge is 2.35. The number of carbonyl (C=O) groups is 2. The van der Waals surface area contributed by atoms with Crippen molar-refractivity contribution in [3.63, 3.8) is 0 Å². The van der Waals surface area contributed by atoms with Gasteiger partial charge in [0.25, 0.3) is 0 Å². The zero-order valence-corrected chi connectivity index (χ0v) is 16.7. The van der Waals surface area contributed by atoms with Crippen LogP contribution in [-0.2, 0) is 0 Å². The minimum Gasteiger partial charge on any atom is -0.493 e. The molecule has 0 fully saturated rings. The van der Waals surface area contributed by atoms with Gasteiger partial charge < -0.3 is 38.6 Å². The predicted molar refractivity (Wildman–Crippen MR) is 103 cm³/mol. The summed E-state index contributed by atoms with van der Waals surface area (Å²) in [7, 11) is 4.07. The van der Waals surface area contributed by atoms with Crippen molar-refractivity contribution < 1.29 is 48.2 Å². The molecule has 0 bridgehead atoms. The maximum Gasteiger partial charge on any atom is 0.336 e. The molecule has 3 rings (SSSR count). The molecule has 1 heterocycles. The summed E-state index contributed by atoms with van der Waals surface area (Å²) in [5, 5.41) is 19.7. The summed E-state index contributed by atoms with van der Waals surface area (Å²) in [4.78, 5) is 24.2. The van der Waals surface area contributed by atoms with Crippen LogP contribution in [0.25, 0.3) is 11.1 Å². The molecule has 0 aromatic heterocycles. The molecule has 0 amide bonds. The largest absolute Gasteiger partial charge is 0.493 e. The quantitative estimate of drug-likeness (QED) is 0.657. The van der Waals surface area contributed by atoms with Gasteiger partial charge in [0.05, 0.1) is 39.1 Å². The first-order valence-corrected chi connectivity index (χ1v) is 8.78. The average molecular weight is 420 g/mol. The molecular weight excluding hydrogens is 400 g/mol. The number of carboxylic acids is 2. The fraction of sp³-hybridized carbons (Fsp3) is 0.300. The van der Waals surface area contributed by atoms with E-state index in [9.17, 15) is 19.8 Å². The van der Waals surface area contributed by atoms with Crippen molar-refractivity contribution >= 4 is 11.9 Å². The van der Waals surface area contributed by atoms with Crippen molar-refractivity contribution in [2.45, 2.75) is 6.92 Å². The van der Waals surface area contributed by atoms with E-state index in [4.69, 9.17) is 28.4 Å². The van der Waals surface area contributed by atoms with Gasteiger partial charge in [0.2, 0.25) is 18.3 Å². The Labute approximate surface area is 171 Å². The Bertz CT molecular complexity index is 1010. The van der Waals surface area contributed by atoms with Crippen LogP contribution < -0.4 is 28.4 Å². The van der Waals surface area contributed by atoms with Gasteiger partial charge >= 0.3 is 11.9 Å². The number of aromatic carboxylic acids is 2. The van der Waals surface area contributed by atoms with E-state index in [1.54, 1.807) is 6.92 Å². The van der Waals surface area contributed by atoms with Crippen LogP contribution in [0.4, 0.5) is 0 Å². The number of methoxy groups -OCH3 is 3. The van der Waals surface area contributed by atoms with Gasteiger partial charge in [-0.2, -0.15) is 0 Å². The fourth-order valence-corrected chi connectivity index (χ4v) is 3.27. The second kappa shape index (κ2) is 8.27. The summed E-state index contributed by atoms with van der Waals surface area (Å²) in [6.45, 7) is 1.65. The van der Waals surface area contributed by atoms with Crippen LogP contribution in [0.1, 0.15) is 27.6 Å². The second-order valence-electron chi connectivity index (χ2n) is 5.97. The zero-order chi connectivity index (χ0) is 22.0. The van der Waals surface area contributed by atoms with Gasteiger partial charge in [-0.3, -0.25) is 0 Å². The summed E-state index contributed by atoms with van der Waals surface area (Å²) in [5.41, 5.74) is -0.588. The molecule has 0 saturated carbocycles. The Morgan fingerprint density at radius 2 is 1.43 bits per heavy atom. The molecule has 0 aliphatic carbocycles. The van der Waals surface area contributed by atoms with E-state index in [1.165, 1.54) is 33.5 Å². The number of hydrogen-bond acceptors (Lipinski definition) is 8. The smallest absolute Gasteiger partial charge is 0.336 e. The first-order valence-electron chi connectivity index (χ1n) is 8.78. The van der Waals surface area contributed by atoms with E-state index in [0.29, 0.717) is 0 Å². The molecule has 30 heavy (non-hydrogen) atoms. The van der Waals surface area contributed by atoms with E-state index in [0.717, 1.165) is 0 Å². The van der Waals surface area contributed by atoms with Crippen LogP contribution >= 0.6 is 0 Å². The summed E-state index contributed by atoms with van der Waals surface area (Å²) in [5.74, 6) is -2.10. The van der Waals surface area contributed by atoms with Gasteiger partial charge in [0.1, 0.15) is 0 Å². The van der Waals surface area contributed by atoms with Crippen molar-refractivity contribution in [3.8, 4) is 45.6 Å². The molecule has 10 nitrogen and oxygen atoms in total. The van der Waals surface area contributed by atoms with Gasteiger partial charge in [-0.1, -0.05) is 0 Å². The Balaban J connectivity index is 2.53. The Kier molecular flexibility index (Phi) is 5.77. The van der Waals surface area contributed by atoms with Gasteiger partial charge in [-0.25, -0.2) is 9.59 Å². The monoisotopic (exact) mass is 420 g/mol. The normalized spacial score (nSPS) is 11.7. The second-order valence-corrected chi connectivity index (χ2v) is 5.97. The highest BCUT2D eigenvalue weighted by Crippen LogP contribution is 2.55. The van der Waals surface area contributed by atoms with E-state index in [2.05, 4.69) is 0 Å². The number of rotatable bonds is 8. The SMILES string of the molecule is CCOc1c(OC)c(OC)cc(C(=O)O)c1-c1c(C(=O)O)cc(OC)c2c1OCO2. The summed E-state index contributed by atoms with van der Waals surface area (Å²) in [6.07, 6.45) is 0. The predicted octanol–water partition coefficient (Wildman–Crippen LogP) is 2.90. The van der Waals surface area contributed by atoms with Crippen LogP contribution in [0.5, 0.6) is 34.5 Å². The minimum absolute atomic E-state index is 0.00196. The Hall–Kier alpha value is -3.82. The lowest BCUT2D eigenvalue weighted by atomic mass is 9.91. The van der Waals surface area contributed by atoms with Crippen LogP contribution in [0.15, 0.2) is 12.1 Å². The number of benzene rings is 2. The number of carboxylic acid groups (broad SMARTS) is 2. The molecule has 10 heteroatoms. The zero-order valence-electron chi connectivity index (χ0n) is 16.7. The third-order valence-electron chi connectivity index (χ3n) is 4.45. The van der Waals surface area contributed by atoms with E-state index in [-0.39, 0.29) is 70.2 Å². The van der Waals surface area contributed by atoms with Crippen LogP contribution in [0, 0.1) is 0 Å². The molecule has 0 saturated heterocycles. The van der Waals surface area contributed by atoms with Gasteiger partial charge in [-0.05, 0) is 19.1 Å². The lowest BCUT2D eigenvalue weighted by molar-refractivity contribution is 0.0683. The van der Waals surface area contributed by atoms with Crippen LogP contribution in [0.3, 0.4) is 0 Å². The molecule has 0 unspecified atom stereocenters. The van der Waals surface area contributed by atoms with Crippen LogP contribution in [0.2, 0.25) is 0 Å². The molecular formula is C20H20O10. The molecule has 1 aliphatic rings. The standard InChI is InChI=1S/C20H20O10/c1-5-28-17-13(9(19(21)22)6-11(25-2)15(17)27-4)14-10(20(23)24)7-12(26-3)16-18(14)30-8-29-16/h6-7H,5,8H2,1-4H3,(H,21,22)(H,23,24). The van der Waals surface area contributed by atoms with Gasteiger partial charge in [0, 0.05) is 11.1 Å². The number of fused-ring (bicyclic) bond motifs is 1. The Morgan fingerprint density at radius 3 is 1.97 bits per heavy atom. The third-order valence-corrected chi connectivity index (χ3v) is 4.45. The van der Waals surface area contributed by atoms with Crippen molar-refractivity contribution in [2.75, 3.05) is 34.7 Å². The topological polar surface area (TPSA) is 130 Å². The first-order chi connectivity index (χ1) is 14.4. The highest BCUT2D eigenvalue weighted by molar-refractivity contribution is 6.07. The molecule has 1 aliphatic heterocycles. The maximum atomic E-state index is 12.1. The molecule has 0 atom stereocenters. The highest BCUT2D eigenvalue weighted by atomic mass is 16.7. The minimum atomic E-state index is -1.33. The summed E-state index contributed by atoms with van der Waals surface area (Å²) < 4.78 is 32.5. The molecule has 0 radical (unpaired) electrons. The van der Waals surface area contributed by atoms with Crippen molar-refractivity contribution in [2.24, 2.45) is 0 Å². The van der Waals surface area contributed by atoms with Gasteiger partial charge in [0.15, 0.2) is 23.0 Å². The van der Waals surface area contributed by atoms with Crippen LogP contribution in [-0.4, -0.2) is 56.9 Å². The first kappa shape index (κ1) is 20.9. The molecule has 0 spiro atoms. The van der Waals surface area contributed by atoms with Crippen molar-refractivity contribution in [1.82, 2.24) is 0 Å². The average Bonchev–Trinajstić information content (AvgIpc) is 3.21. The molecule has 2 N–H and O–H groups in total. The van der Waals surface area contributed by atoms with Crippen molar-refractivity contribution in [1.29, 1.82) is 0 Å². The maximum absolute atomic E-state index is 12.1. The summed E-state index contributed by atoms with van der Waals surface area (Å²) in [6, 6.07) is 2.47. The van der Waals surface area contributed by atoms with E-state index < -0.39 is 11.9 Å². The molecule has 2 aromatic carbocycles. The lowest BCUT2D eigenvalue weighted by Crippen LogP contribution is -2.10.